The molecule has 0 fully saturated rings. The molecule has 0 atom stereocenters. The maximum atomic E-state index is 12.3. The molecule has 0 unspecified atom stereocenters. The van der Waals surface area contributed by atoms with Crippen LogP contribution in [0.2, 0.25) is 5.02 Å². The number of carbonyl (C=O) groups excluding carboxylic acids is 1. The zero-order chi connectivity index (χ0) is 18.1. The van der Waals surface area contributed by atoms with Crippen molar-refractivity contribution in [3.8, 4) is 0 Å². The van der Waals surface area contributed by atoms with Gasteiger partial charge in [0.05, 0.1) is 17.8 Å². The molecule has 0 aliphatic carbocycles. The summed E-state index contributed by atoms with van der Waals surface area (Å²) in [6.07, 6.45) is 0. The van der Waals surface area contributed by atoms with Gasteiger partial charge < -0.3 is 10.2 Å². The van der Waals surface area contributed by atoms with Crippen molar-refractivity contribution in [3.63, 3.8) is 0 Å². The number of benzene rings is 1. The summed E-state index contributed by atoms with van der Waals surface area (Å²) in [5.74, 6) is -0.138. The summed E-state index contributed by atoms with van der Waals surface area (Å²) in [5.41, 5.74) is 1.42. The van der Waals surface area contributed by atoms with E-state index in [9.17, 15) is 9.59 Å². The van der Waals surface area contributed by atoms with E-state index >= 15 is 0 Å². The summed E-state index contributed by atoms with van der Waals surface area (Å²) >= 11 is 7.40. The van der Waals surface area contributed by atoms with Crippen LogP contribution in [0.5, 0.6) is 0 Å². The van der Waals surface area contributed by atoms with Gasteiger partial charge in [0.25, 0.3) is 11.5 Å². The van der Waals surface area contributed by atoms with Gasteiger partial charge in [0.1, 0.15) is 5.01 Å². The number of fused-ring (bicyclic) bond motifs is 1. The van der Waals surface area contributed by atoms with E-state index in [-0.39, 0.29) is 18.0 Å². The van der Waals surface area contributed by atoms with Gasteiger partial charge in [-0.05, 0) is 25.1 Å². The van der Waals surface area contributed by atoms with Gasteiger partial charge in [0.2, 0.25) is 4.96 Å². The highest BCUT2D eigenvalue weighted by atomic mass is 35.5. The standard InChI is InChI=1S/C16H16ClN5O2S/c1-9-20-22-14(23)7-11(19-16(22)25-9)8-18-13-6-10(17)4-5-12(13)15(24)21(2)3/h4-7,18H,8H2,1-3H3. The molecule has 7 nitrogen and oxygen atoms in total. The number of hydrogen-bond acceptors (Lipinski definition) is 6. The lowest BCUT2D eigenvalue weighted by atomic mass is 10.1. The predicted molar refractivity (Wildman–Crippen MR) is 98.7 cm³/mol. The van der Waals surface area contributed by atoms with E-state index < -0.39 is 0 Å². The van der Waals surface area contributed by atoms with Crippen LogP contribution in [0.15, 0.2) is 29.1 Å². The first kappa shape index (κ1) is 17.4. The second-order valence-electron chi connectivity index (χ2n) is 5.64. The number of aryl methyl sites for hydroxylation is 1. The highest BCUT2D eigenvalue weighted by molar-refractivity contribution is 7.16. The van der Waals surface area contributed by atoms with Crippen molar-refractivity contribution in [1.82, 2.24) is 19.5 Å². The van der Waals surface area contributed by atoms with Gasteiger partial charge >= 0.3 is 0 Å². The maximum absolute atomic E-state index is 12.3. The van der Waals surface area contributed by atoms with Gasteiger partial charge in [-0.3, -0.25) is 9.59 Å². The number of nitrogens with zero attached hydrogens (tertiary/aromatic N) is 4. The lowest BCUT2D eigenvalue weighted by molar-refractivity contribution is 0.0828. The number of carbonyl (C=O) groups is 1. The van der Waals surface area contributed by atoms with Crippen molar-refractivity contribution in [2.24, 2.45) is 0 Å². The maximum Gasteiger partial charge on any atom is 0.275 e. The second-order valence-corrected chi connectivity index (χ2v) is 7.24. The number of nitrogens with one attached hydrogen (secondary N) is 1. The summed E-state index contributed by atoms with van der Waals surface area (Å²) < 4.78 is 1.28. The topological polar surface area (TPSA) is 79.6 Å². The van der Waals surface area contributed by atoms with Crippen LogP contribution in [0.4, 0.5) is 5.69 Å². The zero-order valence-corrected chi connectivity index (χ0v) is 15.5. The Morgan fingerprint density at radius 1 is 1.36 bits per heavy atom. The van der Waals surface area contributed by atoms with Crippen molar-refractivity contribution >= 4 is 39.5 Å². The third-order valence-corrected chi connectivity index (χ3v) is 4.54. The van der Waals surface area contributed by atoms with Crippen LogP contribution in [0.25, 0.3) is 4.96 Å². The molecule has 130 valence electrons. The fraction of sp³-hybridized carbons (Fsp3) is 0.250. The van der Waals surface area contributed by atoms with Crippen molar-refractivity contribution < 1.29 is 4.79 Å². The molecule has 1 amide bonds. The summed E-state index contributed by atoms with van der Waals surface area (Å²) in [7, 11) is 3.37. The molecule has 2 aromatic heterocycles. The Hall–Kier alpha value is -2.45. The normalized spacial score (nSPS) is 10.9. The Balaban J connectivity index is 1.90. The summed E-state index contributed by atoms with van der Waals surface area (Å²) in [4.78, 5) is 30.8. The average Bonchev–Trinajstić information content (AvgIpc) is 2.93. The molecule has 0 spiro atoms. The summed E-state index contributed by atoms with van der Waals surface area (Å²) in [5, 5.41) is 8.54. The molecule has 0 saturated carbocycles. The largest absolute Gasteiger partial charge is 0.379 e. The molecule has 3 aromatic rings. The van der Waals surface area contributed by atoms with Crippen molar-refractivity contribution in [2.45, 2.75) is 13.5 Å². The van der Waals surface area contributed by atoms with Gasteiger partial charge in [-0.2, -0.15) is 9.61 Å². The van der Waals surface area contributed by atoms with Gasteiger partial charge in [-0.1, -0.05) is 22.9 Å². The summed E-state index contributed by atoms with van der Waals surface area (Å²) in [6.45, 7) is 2.11. The monoisotopic (exact) mass is 377 g/mol. The SMILES string of the molecule is Cc1nn2c(=O)cc(CNc3cc(Cl)ccc3C(=O)N(C)C)nc2s1. The number of amides is 1. The van der Waals surface area contributed by atoms with Gasteiger partial charge in [-0.15, -0.1) is 0 Å². The Labute approximate surface area is 152 Å². The average molecular weight is 378 g/mol. The molecular formula is C16H16ClN5O2S. The minimum atomic E-state index is -0.234. The van der Waals surface area contributed by atoms with Crippen LogP contribution >= 0.6 is 22.9 Å². The minimum Gasteiger partial charge on any atom is -0.379 e. The fourth-order valence-corrected chi connectivity index (χ4v) is 3.26. The Morgan fingerprint density at radius 3 is 2.84 bits per heavy atom. The van der Waals surface area contributed by atoms with E-state index in [1.165, 1.54) is 26.8 Å². The third-order valence-electron chi connectivity index (χ3n) is 3.48. The number of hydrogen-bond donors (Lipinski definition) is 1. The molecule has 25 heavy (non-hydrogen) atoms. The fourth-order valence-electron chi connectivity index (χ4n) is 2.32. The van der Waals surface area contributed by atoms with Crippen molar-refractivity contribution in [3.05, 3.63) is 55.9 Å². The third kappa shape index (κ3) is 3.64. The lowest BCUT2D eigenvalue weighted by Gasteiger charge is -2.15. The van der Waals surface area contributed by atoms with Crippen LogP contribution in [0, 0.1) is 6.92 Å². The molecule has 0 aliphatic rings. The zero-order valence-electron chi connectivity index (χ0n) is 13.9. The molecule has 0 saturated heterocycles. The molecule has 1 aromatic carbocycles. The number of aromatic nitrogens is 3. The first-order valence-electron chi connectivity index (χ1n) is 7.46. The molecule has 0 radical (unpaired) electrons. The number of halogens is 1. The van der Waals surface area contributed by atoms with E-state index in [4.69, 9.17) is 11.6 Å². The van der Waals surface area contributed by atoms with Crippen molar-refractivity contribution in [2.75, 3.05) is 19.4 Å². The van der Waals surface area contributed by atoms with Gasteiger partial charge in [-0.25, -0.2) is 4.98 Å². The molecule has 2 heterocycles. The molecule has 3 rings (SSSR count). The van der Waals surface area contributed by atoms with Crippen LogP contribution in [0.3, 0.4) is 0 Å². The van der Waals surface area contributed by atoms with E-state index in [0.717, 1.165) is 5.01 Å². The molecular weight excluding hydrogens is 362 g/mol. The van der Waals surface area contributed by atoms with Crippen LogP contribution < -0.4 is 10.9 Å². The predicted octanol–water partition coefficient (Wildman–Crippen LogP) is 2.43. The lowest BCUT2D eigenvalue weighted by Crippen LogP contribution is -2.23. The molecule has 1 N–H and O–H groups in total. The molecule has 9 heteroatoms. The van der Waals surface area contributed by atoms with Crippen LogP contribution in [0.1, 0.15) is 21.1 Å². The Kier molecular flexibility index (Phi) is 4.73. The number of anilines is 1. The van der Waals surface area contributed by atoms with Crippen molar-refractivity contribution in [1.29, 1.82) is 0 Å². The van der Waals surface area contributed by atoms with Gasteiger partial charge in [0, 0.05) is 30.9 Å². The van der Waals surface area contributed by atoms with Crippen LogP contribution in [-0.2, 0) is 6.54 Å². The Bertz CT molecular complexity index is 1010. The van der Waals surface area contributed by atoms with E-state index in [1.807, 2.05) is 6.92 Å². The highest BCUT2D eigenvalue weighted by Gasteiger charge is 2.14. The smallest absolute Gasteiger partial charge is 0.275 e. The summed E-state index contributed by atoms with van der Waals surface area (Å²) in [6, 6.07) is 6.45. The second kappa shape index (κ2) is 6.81. The highest BCUT2D eigenvalue weighted by Crippen LogP contribution is 2.23. The van der Waals surface area contributed by atoms with Gasteiger partial charge in [0.15, 0.2) is 0 Å². The van der Waals surface area contributed by atoms with Crippen LogP contribution in [-0.4, -0.2) is 39.5 Å². The Morgan fingerprint density at radius 2 is 2.12 bits per heavy atom. The minimum absolute atomic E-state index is 0.138. The van der Waals surface area contributed by atoms with E-state index in [0.29, 0.717) is 26.9 Å². The molecule has 0 aliphatic heterocycles. The first-order valence-corrected chi connectivity index (χ1v) is 8.66. The molecule has 0 bridgehead atoms. The number of rotatable bonds is 4. The first-order chi connectivity index (χ1) is 11.8. The van der Waals surface area contributed by atoms with E-state index in [1.54, 1.807) is 32.3 Å². The quantitative estimate of drug-likeness (QED) is 0.755. The van der Waals surface area contributed by atoms with E-state index in [2.05, 4.69) is 15.4 Å².